The molecule has 0 aliphatic heterocycles. The average Bonchev–Trinajstić information content (AvgIpc) is 2.28. The van der Waals surface area contributed by atoms with Crippen LogP contribution in [-0.2, 0) is 16.8 Å². The third kappa shape index (κ3) is 4.00. The second kappa shape index (κ2) is 6.46. The highest BCUT2D eigenvalue weighted by Crippen LogP contribution is 2.27. The largest absolute Gasteiger partial charge is 0.772 e. The number of carbonyl (C=O) groups is 1. The average molecular weight is 300 g/mol. The summed E-state index contributed by atoms with van der Waals surface area (Å²) >= 11 is 3.29. The minimum absolute atomic E-state index is 0.128. The van der Waals surface area contributed by atoms with Gasteiger partial charge in [0.25, 0.3) is 5.24 Å². The Labute approximate surface area is 121 Å². The van der Waals surface area contributed by atoms with Gasteiger partial charge in [-0.05, 0) is 67.6 Å². The van der Waals surface area contributed by atoms with Gasteiger partial charge in [0.1, 0.15) is 0 Å². The summed E-state index contributed by atoms with van der Waals surface area (Å²) in [6.07, 6.45) is 0. The van der Waals surface area contributed by atoms with Crippen LogP contribution in [0.4, 0.5) is 0 Å². The third-order valence-electron chi connectivity index (χ3n) is 3.09. The highest BCUT2D eigenvalue weighted by atomic mass is 35.5. The molecular formula is C14H16ClO3S-. The van der Waals surface area contributed by atoms with Gasteiger partial charge in [-0.25, -0.2) is 0 Å². The normalized spacial score (nSPS) is 12.1. The van der Waals surface area contributed by atoms with Crippen molar-refractivity contribution in [2.75, 3.05) is 0 Å². The lowest BCUT2D eigenvalue weighted by Crippen LogP contribution is -2.04. The maximum atomic E-state index is 11.3. The molecule has 0 saturated carbocycles. The van der Waals surface area contributed by atoms with Crippen LogP contribution in [0.1, 0.15) is 47.8 Å². The van der Waals surface area contributed by atoms with Crippen molar-refractivity contribution < 1.29 is 13.6 Å². The number of aryl methyl sites for hydroxylation is 1. The molecule has 0 spiro atoms. The van der Waals surface area contributed by atoms with Gasteiger partial charge >= 0.3 is 0 Å². The fourth-order valence-electron chi connectivity index (χ4n) is 1.83. The van der Waals surface area contributed by atoms with Crippen molar-refractivity contribution in [1.82, 2.24) is 0 Å². The van der Waals surface area contributed by atoms with Gasteiger partial charge in [0.05, 0.1) is 0 Å². The Balaban J connectivity index is 3.53. The van der Waals surface area contributed by atoms with Crippen molar-refractivity contribution in [2.24, 2.45) is 0 Å². The number of hydrogen-bond acceptors (Lipinski definition) is 3. The standard InChI is InChI=1S/C14H17ClO3S/c1-8(2)10(4)13-5-9(3)12(14(15)16)6-11(13)7-19(17)18/h5-6H,7H2,1-4H3,(H,17,18)/p-1. The summed E-state index contributed by atoms with van der Waals surface area (Å²) < 4.78 is 21.9. The number of allylic oxidation sites excluding steroid dienone is 2. The van der Waals surface area contributed by atoms with E-state index in [4.69, 9.17) is 11.6 Å². The van der Waals surface area contributed by atoms with Crippen molar-refractivity contribution in [2.45, 2.75) is 33.4 Å². The Hall–Kier alpha value is -0.970. The summed E-state index contributed by atoms with van der Waals surface area (Å²) in [7, 11) is 0. The molecule has 5 heteroatoms. The second-order valence-electron chi connectivity index (χ2n) is 4.67. The van der Waals surface area contributed by atoms with E-state index in [0.717, 1.165) is 22.3 Å². The van der Waals surface area contributed by atoms with Crippen LogP contribution in [0.25, 0.3) is 5.57 Å². The van der Waals surface area contributed by atoms with E-state index in [9.17, 15) is 13.6 Å². The molecule has 0 heterocycles. The van der Waals surface area contributed by atoms with Crippen LogP contribution in [-0.4, -0.2) is 14.0 Å². The summed E-state index contributed by atoms with van der Waals surface area (Å²) in [5, 5.41) is -0.572. The molecule has 0 bridgehead atoms. The van der Waals surface area contributed by atoms with Crippen molar-refractivity contribution in [3.05, 3.63) is 40.0 Å². The van der Waals surface area contributed by atoms with E-state index in [-0.39, 0.29) is 5.75 Å². The van der Waals surface area contributed by atoms with Gasteiger partial charge in [-0.1, -0.05) is 22.7 Å². The number of halogens is 1. The minimum Gasteiger partial charge on any atom is -0.772 e. The molecule has 0 amide bonds. The van der Waals surface area contributed by atoms with Crippen LogP contribution >= 0.6 is 11.6 Å². The lowest BCUT2D eigenvalue weighted by atomic mass is 9.94. The number of hydrogen-bond donors (Lipinski definition) is 0. The molecule has 0 aromatic heterocycles. The van der Waals surface area contributed by atoms with Gasteiger partial charge in [0.15, 0.2) is 0 Å². The van der Waals surface area contributed by atoms with Gasteiger partial charge in [-0.3, -0.25) is 9.00 Å². The number of benzene rings is 1. The molecule has 0 N–H and O–H groups in total. The number of carbonyl (C=O) groups excluding carboxylic acids is 1. The molecule has 19 heavy (non-hydrogen) atoms. The van der Waals surface area contributed by atoms with Crippen molar-refractivity contribution in [3.8, 4) is 0 Å². The lowest BCUT2D eigenvalue weighted by Gasteiger charge is -2.16. The first-order valence-electron chi connectivity index (χ1n) is 5.77. The highest BCUT2D eigenvalue weighted by Gasteiger charge is 2.13. The molecule has 0 radical (unpaired) electrons. The topological polar surface area (TPSA) is 57.2 Å². The lowest BCUT2D eigenvalue weighted by molar-refractivity contribution is 0.108. The van der Waals surface area contributed by atoms with Gasteiger partial charge < -0.3 is 4.55 Å². The molecule has 1 aromatic rings. The Morgan fingerprint density at radius 1 is 1.26 bits per heavy atom. The summed E-state index contributed by atoms with van der Waals surface area (Å²) in [5.74, 6) is -0.128. The van der Waals surface area contributed by atoms with Crippen LogP contribution in [0.5, 0.6) is 0 Å². The van der Waals surface area contributed by atoms with Crippen LogP contribution < -0.4 is 0 Å². The number of rotatable bonds is 4. The molecule has 1 rings (SSSR count). The van der Waals surface area contributed by atoms with Crippen molar-refractivity contribution in [3.63, 3.8) is 0 Å². The van der Waals surface area contributed by atoms with Crippen LogP contribution in [0.3, 0.4) is 0 Å². The maximum absolute atomic E-state index is 11.3. The predicted octanol–water partition coefficient (Wildman–Crippen LogP) is 3.57. The first kappa shape index (κ1) is 16.1. The molecule has 1 atom stereocenters. The SMILES string of the molecule is CC(C)=C(C)c1cc(C)c(C(=O)Cl)cc1CS(=O)[O-]. The van der Waals surface area contributed by atoms with Crippen LogP contribution in [0.15, 0.2) is 17.7 Å². The Morgan fingerprint density at radius 3 is 2.26 bits per heavy atom. The van der Waals surface area contributed by atoms with E-state index in [1.54, 1.807) is 13.0 Å². The molecule has 3 nitrogen and oxygen atoms in total. The molecule has 1 aromatic carbocycles. The zero-order valence-electron chi connectivity index (χ0n) is 11.4. The van der Waals surface area contributed by atoms with E-state index >= 15 is 0 Å². The highest BCUT2D eigenvalue weighted by molar-refractivity contribution is 7.78. The van der Waals surface area contributed by atoms with Gasteiger partial charge in [-0.15, -0.1) is 0 Å². The fraction of sp³-hybridized carbons (Fsp3) is 0.357. The smallest absolute Gasteiger partial charge is 0.252 e. The monoisotopic (exact) mass is 299 g/mol. The first-order chi connectivity index (χ1) is 8.73. The van der Waals surface area contributed by atoms with E-state index < -0.39 is 16.3 Å². The van der Waals surface area contributed by atoms with E-state index in [1.165, 1.54) is 0 Å². The Morgan fingerprint density at radius 2 is 1.84 bits per heavy atom. The van der Waals surface area contributed by atoms with Crippen LogP contribution in [0, 0.1) is 6.92 Å². The van der Waals surface area contributed by atoms with E-state index in [2.05, 4.69) is 0 Å². The Kier molecular flexibility index (Phi) is 5.47. The van der Waals surface area contributed by atoms with Gasteiger partial charge in [-0.2, -0.15) is 0 Å². The zero-order chi connectivity index (χ0) is 14.7. The summed E-state index contributed by atoms with van der Waals surface area (Å²) in [4.78, 5) is 11.3. The molecule has 104 valence electrons. The zero-order valence-corrected chi connectivity index (χ0v) is 12.9. The maximum Gasteiger partial charge on any atom is 0.252 e. The Bertz CT molecular complexity index is 572. The molecule has 0 saturated heterocycles. The van der Waals surface area contributed by atoms with Crippen molar-refractivity contribution >= 4 is 33.5 Å². The molecule has 1 unspecified atom stereocenters. The predicted molar refractivity (Wildman–Crippen MR) is 77.9 cm³/mol. The van der Waals surface area contributed by atoms with Crippen LogP contribution in [0.2, 0.25) is 0 Å². The molecule has 0 aliphatic carbocycles. The van der Waals surface area contributed by atoms with Gasteiger partial charge in [0.2, 0.25) is 0 Å². The van der Waals surface area contributed by atoms with E-state index in [1.807, 2.05) is 26.8 Å². The van der Waals surface area contributed by atoms with E-state index in [0.29, 0.717) is 11.1 Å². The van der Waals surface area contributed by atoms with Crippen molar-refractivity contribution in [1.29, 1.82) is 0 Å². The summed E-state index contributed by atoms with van der Waals surface area (Å²) in [5.41, 5.74) is 4.66. The summed E-state index contributed by atoms with van der Waals surface area (Å²) in [6, 6.07) is 3.39. The first-order valence-corrected chi connectivity index (χ1v) is 7.40. The summed E-state index contributed by atoms with van der Waals surface area (Å²) in [6.45, 7) is 7.64. The minimum atomic E-state index is -2.21. The quantitative estimate of drug-likeness (QED) is 0.631. The molecular weight excluding hydrogens is 284 g/mol. The molecule has 0 fully saturated rings. The fourth-order valence-corrected chi connectivity index (χ4v) is 2.53. The third-order valence-corrected chi connectivity index (χ3v) is 3.84. The molecule has 0 aliphatic rings. The second-order valence-corrected chi connectivity index (χ2v) is 5.91. The van der Waals surface area contributed by atoms with Gasteiger partial charge in [0, 0.05) is 11.3 Å².